The third kappa shape index (κ3) is 4.34. The van der Waals surface area contributed by atoms with Gasteiger partial charge in [-0.25, -0.2) is 0 Å². The molecule has 0 aliphatic rings. The zero-order chi connectivity index (χ0) is 19.5. The summed E-state index contributed by atoms with van der Waals surface area (Å²) in [7, 11) is 0. The molecule has 140 valence electrons. The summed E-state index contributed by atoms with van der Waals surface area (Å²) in [6.45, 7) is 3.97. The molecule has 26 heavy (non-hydrogen) atoms. The summed E-state index contributed by atoms with van der Waals surface area (Å²) < 4.78 is 38.2. The van der Waals surface area contributed by atoms with Gasteiger partial charge < -0.3 is 0 Å². The highest BCUT2D eigenvalue weighted by Crippen LogP contribution is 2.33. The number of carbonyl (C=O) groups is 1. The third-order valence-electron chi connectivity index (χ3n) is 3.76. The summed E-state index contributed by atoms with van der Waals surface area (Å²) in [4.78, 5) is 22.3. The molecule has 0 spiro atoms. The summed E-state index contributed by atoms with van der Waals surface area (Å²) in [5, 5.41) is 22.1. The van der Waals surface area contributed by atoms with Crippen molar-refractivity contribution in [3.8, 4) is 0 Å². The number of hydrogen-bond acceptors (Lipinski definition) is 6. The molecule has 1 N–H and O–H groups in total. The van der Waals surface area contributed by atoms with Crippen molar-refractivity contribution in [2.75, 3.05) is 5.32 Å². The Morgan fingerprint density at radius 1 is 1.31 bits per heavy atom. The van der Waals surface area contributed by atoms with Gasteiger partial charge in [0.1, 0.15) is 10.6 Å². The van der Waals surface area contributed by atoms with Crippen LogP contribution in [0.1, 0.15) is 53.5 Å². The van der Waals surface area contributed by atoms with Crippen LogP contribution >= 0.6 is 11.3 Å². The van der Waals surface area contributed by atoms with Gasteiger partial charge in [-0.15, -0.1) is 10.2 Å². The second-order valence-corrected chi connectivity index (χ2v) is 6.41. The smallest absolute Gasteiger partial charge is 0.296 e. The standard InChI is InChI=1S/C15H15F3N4O3S/c1-3-8(4-2)13-20-21-14(26-13)19-12(23)10-6-5-9(15(16,17)18)7-11(10)22(24)25/h5-8H,3-4H2,1-2H3,(H,19,21,23). The number of amides is 1. The molecule has 0 atom stereocenters. The fraction of sp³-hybridized carbons (Fsp3) is 0.400. The molecule has 0 unspecified atom stereocenters. The number of anilines is 1. The van der Waals surface area contributed by atoms with E-state index in [2.05, 4.69) is 15.5 Å². The highest BCUT2D eigenvalue weighted by atomic mass is 32.1. The van der Waals surface area contributed by atoms with E-state index in [1.54, 1.807) is 0 Å². The molecule has 0 radical (unpaired) electrons. The Labute approximate surface area is 150 Å². The van der Waals surface area contributed by atoms with Crippen LogP contribution in [0, 0.1) is 10.1 Å². The predicted octanol–water partition coefficient (Wildman–Crippen LogP) is 4.62. The van der Waals surface area contributed by atoms with Gasteiger partial charge in [0.2, 0.25) is 5.13 Å². The van der Waals surface area contributed by atoms with Gasteiger partial charge >= 0.3 is 6.18 Å². The number of aromatic nitrogens is 2. The molecule has 0 saturated heterocycles. The van der Waals surface area contributed by atoms with E-state index in [4.69, 9.17) is 0 Å². The van der Waals surface area contributed by atoms with Crippen molar-refractivity contribution >= 4 is 28.1 Å². The lowest BCUT2D eigenvalue weighted by Gasteiger charge is -2.08. The fourth-order valence-corrected chi connectivity index (χ4v) is 3.31. The first-order chi connectivity index (χ1) is 12.2. The molecule has 0 aliphatic heterocycles. The highest BCUT2D eigenvalue weighted by molar-refractivity contribution is 7.15. The number of nitro groups is 1. The van der Waals surface area contributed by atoms with Crippen molar-refractivity contribution in [1.29, 1.82) is 0 Å². The second-order valence-electron chi connectivity index (χ2n) is 5.40. The largest absolute Gasteiger partial charge is 0.416 e. The van der Waals surface area contributed by atoms with Gasteiger partial charge in [-0.3, -0.25) is 20.2 Å². The van der Waals surface area contributed by atoms with Gasteiger partial charge in [0, 0.05) is 12.0 Å². The molecule has 11 heteroatoms. The minimum absolute atomic E-state index is 0.131. The number of alkyl halides is 3. The molecule has 1 aromatic heterocycles. The average molecular weight is 388 g/mol. The zero-order valence-electron chi connectivity index (χ0n) is 13.8. The fourth-order valence-electron chi connectivity index (χ4n) is 2.30. The summed E-state index contributed by atoms with van der Waals surface area (Å²) in [5.74, 6) is -0.740. The number of nitrogens with zero attached hydrogens (tertiary/aromatic N) is 3. The molecule has 0 aliphatic carbocycles. The Hall–Kier alpha value is -2.56. The molecule has 1 aromatic carbocycles. The molecule has 7 nitrogen and oxygen atoms in total. The Balaban J connectivity index is 2.28. The molecular weight excluding hydrogens is 373 g/mol. The van der Waals surface area contributed by atoms with Gasteiger partial charge in [-0.1, -0.05) is 25.2 Å². The topological polar surface area (TPSA) is 98.0 Å². The first kappa shape index (κ1) is 19.8. The van der Waals surface area contributed by atoms with Crippen LogP contribution in [0.15, 0.2) is 18.2 Å². The van der Waals surface area contributed by atoms with E-state index in [1.165, 1.54) is 0 Å². The number of nitrogens with one attached hydrogen (secondary N) is 1. The minimum atomic E-state index is -4.75. The predicted molar refractivity (Wildman–Crippen MR) is 89.3 cm³/mol. The van der Waals surface area contributed by atoms with Gasteiger partial charge in [-0.05, 0) is 25.0 Å². The van der Waals surface area contributed by atoms with E-state index in [9.17, 15) is 28.1 Å². The quantitative estimate of drug-likeness (QED) is 0.575. The van der Waals surface area contributed by atoms with E-state index in [0.717, 1.165) is 30.2 Å². The Morgan fingerprint density at radius 2 is 1.96 bits per heavy atom. The van der Waals surface area contributed by atoms with Crippen LogP contribution in [0.3, 0.4) is 0 Å². The van der Waals surface area contributed by atoms with Gasteiger partial charge in [0.05, 0.1) is 10.5 Å². The molecule has 0 saturated carbocycles. The molecule has 0 fully saturated rings. The molecule has 1 amide bonds. The van der Waals surface area contributed by atoms with Crippen molar-refractivity contribution < 1.29 is 22.9 Å². The van der Waals surface area contributed by atoms with E-state index in [-0.39, 0.29) is 11.0 Å². The molecule has 2 aromatic rings. The van der Waals surface area contributed by atoms with Crippen molar-refractivity contribution in [2.24, 2.45) is 0 Å². The number of benzene rings is 1. The third-order valence-corrected chi connectivity index (χ3v) is 4.76. The lowest BCUT2D eigenvalue weighted by molar-refractivity contribution is -0.385. The Bertz CT molecular complexity index is 819. The number of hydrogen-bond donors (Lipinski definition) is 1. The van der Waals surface area contributed by atoms with E-state index in [1.807, 2.05) is 13.8 Å². The molecular formula is C15H15F3N4O3S. The van der Waals surface area contributed by atoms with Crippen LogP contribution in [-0.2, 0) is 6.18 Å². The van der Waals surface area contributed by atoms with Crippen LogP contribution in [-0.4, -0.2) is 21.0 Å². The molecule has 2 rings (SSSR count). The van der Waals surface area contributed by atoms with Gasteiger partial charge in [-0.2, -0.15) is 13.2 Å². The average Bonchev–Trinajstić information content (AvgIpc) is 3.02. The maximum Gasteiger partial charge on any atom is 0.416 e. The first-order valence-electron chi connectivity index (χ1n) is 7.67. The van der Waals surface area contributed by atoms with Crippen LogP contribution in [0.25, 0.3) is 0 Å². The summed E-state index contributed by atoms with van der Waals surface area (Å²) in [6.07, 6.45) is -3.07. The van der Waals surface area contributed by atoms with Gasteiger partial charge in [0.25, 0.3) is 11.6 Å². The van der Waals surface area contributed by atoms with Crippen LogP contribution in [0.4, 0.5) is 24.0 Å². The van der Waals surface area contributed by atoms with Crippen molar-refractivity contribution in [3.63, 3.8) is 0 Å². The van der Waals surface area contributed by atoms with Gasteiger partial charge in [0.15, 0.2) is 0 Å². The van der Waals surface area contributed by atoms with E-state index < -0.39 is 33.8 Å². The van der Waals surface area contributed by atoms with E-state index in [0.29, 0.717) is 17.1 Å². The van der Waals surface area contributed by atoms with E-state index >= 15 is 0 Å². The number of halogens is 3. The first-order valence-corrected chi connectivity index (χ1v) is 8.49. The number of carbonyl (C=O) groups excluding carboxylic acids is 1. The Morgan fingerprint density at radius 3 is 2.50 bits per heavy atom. The minimum Gasteiger partial charge on any atom is -0.296 e. The second kappa shape index (κ2) is 7.77. The summed E-state index contributed by atoms with van der Waals surface area (Å²) in [5.41, 5.74) is -2.61. The maximum absolute atomic E-state index is 12.7. The monoisotopic (exact) mass is 388 g/mol. The maximum atomic E-state index is 12.7. The Kier molecular flexibility index (Phi) is 5.90. The van der Waals surface area contributed by atoms with Crippen LogP contribution in [0.2, 0.25) is 0 Å². The lowest BCUT2D eigenvalue weighted by Crippen LogP contribution is -2.15. The van der Waals surface area contributed by atoms with Crippen molar-refractivity contribution in [3.05, 3.63) is 44.4 Å². The van der Waals surface area contributed by atoms with Crippen molar-refractivity contribution in [2.45, 2.75) is 38.8 Å². The van der Waals surface area contributed by atoms with Crippen LogP contribution in [0.5, 0.6) is 0 Å². The number of rotatable bonds is 6. The molecule has 0 bridgehead atoms. The van der Waals surface area contributed by atoms with Crippen molar-refractivity contribution in [1.82, 2.24) is 10.2 Å². The zero-order valence-corrected chi connectivity index (χ0v) is 14.6. The number of nitro benzene ring substituents is 1. The summed E-state index contributed by atoms with van der Waals surface area (Å²) in [6, 6.07) is 1.74. The highest BCUT2D eigenvalue weighted by Gasteiger charge is 2.34. The van der Waals surface area contributed by atoms with Crippen LogP contribution < -0.4 is 5.32 Å². The normalized spacial score (nSPS) is 11.6. The lowest BCUT2D eigenvalue weighted by atomic mass is 10.1. The SMILES string of the molecule is CCC(CC)c1nnc(NC(=O)c2ccc(C(F)(F)F)cc2[N+](=O)[O-])s1. The molecule has 1 heterocycles. The summed E-state index contributed by atoms with van der Waals surface area (Å²) >= 11 is 1.13.